The number of H-pyrrole nitrogens is 2. The van der Waals surface area contributed by atoms with E-state index in [1.165, 1.54) is 11.3 Å². The second-order valence-corrected chi connectivity index (χ2v) is 6.48. The number of rotatable bonds is 5. The molecule has 4 rings (SSSR count). The van der Waals surface area contributed by atoms with Crippen LogP contribution in [0.4, 0.5) is 5.95 Å². The molecular weight excluding hydrogens is 364 g/mol. The number of benzene rings is 1. The Balaban J connectivity index is 1.55. The number of anilines is 1. The van der Waals surface area contributed by atoms with Gasteiger partial charge in [-0.25, -0.2) is 10.1 Å². The zero-order valence-electron chi connectivity index (χ0n) is 13.8. The quantitative estimate of drug-likeness (QED) is 0.485. The first-order valence-corrected chi connectivity index (χ1v) is 8.78. The number of hydrogen-bond acceptors (Lipinski definition) is 8. The number of hydrogen-bond donors (Lipinski definition) is 3. The first-order chi connectivity index (χ1) is 13.2. The van der Waals surface area contributed by atoms with Crippen molar-refractivity contribution in [3.8, 4) is 28.0 Å². The first-order valence-electron chi connectivity index (χ1n) is 7.90. The fourth-order valence-electron chi connectivity index (χ4n) is 2.50. The van der Waals surface area contributed by atoms with Crippen LogP contribution in [0.25, 0.3) is 22.0 Å². The van der Waals surface area contributed by atoms with Gasteiger partial charge in [-0.3, -0.25) is 9.78 Å². The van der Waals surface area contributed by atoms with Gasteiger partial charge in [0.2, 0.25) is 5.95 Å². The molecule has 132 valence electrons. The van der Waals surface area contributed by atoms with Crippen molar-refractivity contribution in [2.75, 3.05) is 5.32 Å². The molecule has 27 heavy (non-hydrogen) atoms. The van der Waals surface area contributed by atoms with E-state index >= 15 is 0 Å². The van der Waals surface area contributed by atoms with Gasteiger partial charge in [0.15, 0.2) is 5.82 Å². The van der Waals surface area contributed by atoms with Crippen molar-refractivity contribution in [1.82, 2.24) is 30.6 Å². The predicted molar refractivity (Wildman–Crippen MR) is 99.8 cm³/mol. The Bertz CT molecular complexity index is 1140. The standard InChI is InChI=1S/C17H12N8OS/c18-8-12-14(13-2-1-7-27-13)20-17(21-16(12)26)19-9-10-3-5-11(6-4-10)15-22-24-25-23-15/h1-7H,9H2,(H2,19,20,21,26)(H,22,23,24,25). The lowest BCUT2D eigenvalue weighted by Gasteiger charge is -2.08. The minimum absolute atomic E-state index is 0.00743. The highest BCUT2D eigenvalue weighted by atomic mass is 32.1. The molecule has 0 radical (unpaired) electrons. The maximum absolute atomic E-state index is 12.2. The van der Waals surface area contributed by atoms with Crippen molar-refractivity contribution in [3.05, 3.63) is 63.3 Å². The van der Waals surface area contributed by atoms with Crippen molar-refractivity contribution in [3.63, 3.8) is 0 Å². The zero-order chi connectivity index (χ0) is 18.6. The third-order valence-corrected chi connectivity index (χ3v) is 4.70. The van der Waals surface area contributed by atoms with E-state index in [0.29, 0.717) is 24.0 Å². The van der Waals surface area contributed by atoms with E-state index in [-0.39, 0.29) is 5.56 Å². The lowest BCUT2D eigenvalue weighted by atomic mass is 10.1. The fraction of sp³-hybridized carbons (Fsp3) is 0.0588. The van der Waals surface area contributed by atoms with Gasteiger partial charge in [0, 0.05) is 12.1 Å². The molecule has 0 unspecified atom stereocenters. The van der Waals surface area contributed by atoms with Gasteiger partial charge in [0.05, 0.1) is 4.88 Å². The number of nitrogens with zero attached hydrogens (tertiary/aromatic N) is 5. The average molecular weight is 376 g/mol. The molecule has 0 aliphatic rings. The number of aromatic amines is 2. The monoisotopic (exact) mass is 376 g/mol. The first kappa shape index (κ1) is 16.6. The van der Waals surface area contributed by atoms with E-state index in [2.05, 4.69) is 35.9 Å². The Morgan fingerprint density at radius 2 is 2.07 bits per heavy atom. The van der Waals surface area contributed by atoms with Crippen molar-refractivity contribution >= 4 is 17.3 Å². The summed E-state index contributed by atoms with van der Waals surface area (Å²) in [4.78, 5) is 20.0. The van der Waals surface area contributed by atoms with E-state index in [9.17, 15) is 10.1 Å². The molecule has 0 aliphatic carbocycles. The Kier molecular flexibility index (Phi) is 4.42. The van der Waals surface area contributed by atoms with Crippen LogP contribution in [0.1, 0.15) is 11.1 Å². The van der Waals surface area contributed by atoms with Gasteiger partial charge in [-0.2, -0.15) is 5.26 Å². The van der Waals surface area contributed by atoms with E-state index in [1.807, 2.05) is 47.8 Å². The van der Waals surface area contributed by atoms with Gasteiger partial charge in [-0.15, -0.1) is 16.4 Å². The lowest BCUT2D eigenvalue weighted by Crippen LogP contribution is -2.17. The molecule has 0 amide bonds. The third-order valence-electron chi connectivity index (χ3n) is 3.82. The molecule has 9 nitrogen and oxygen atoms in total. The molecule has 0 saturated heterocycles. The molecule has 3 heterocycles. The molecule has 4 aromatic rings. The van der Waals surface area contributed by atoms with E-state index < -0.39 is 5.56 Å². The molecule has 3 aromatic heterocycles. The van der Waals surface area contributed by atoms with Crippen LogP contribution in [0.15, 0.2) is 46.6 Å². The number of nitrogens with one attached hydrogen (secondary N) is 3. The number of thiophene rings is 1. The molecule has 0 spiro atoms. The van der Waals surface area contributed by atoms with E-state index in [4.69, 9.17) is 0 Å². The van der Waals surface area contributed by atoms with Gasteiger partial charge in [-0.05, 0) is 27.4 Å². The van der Waals surface area contributed by atoms with Gasteiger partial charge in [0.1, 0.15) is 17.3 Å². The highest BCUT2D eigenvalue weighted by molar-refractivity contribution is 7.13. The second kappa shape index (κ2) is 7.19. The van der Waals surface area contributed by atoms with E-state index in [1.54, 1.807) is 0 Å². The van der Waals surface area contributed by atoms with Crippen molar-refractivity contribution in [1.29, 1.82) is 5.26 Å². The highest BCUT2D eigenvalue weighted by Gasteiger charge is 2.14. The molecule has 0 fully saturated rings. The summed E-state index contributed by atoms with van der Waals surface area (Å²) in [7, 11) is 0. The molecule has 0 saturated carbocycles. The van der Waals surface area contributed by atoms with Crippen LogP contribution in [0.3, 0.4) is 0 Å². The molecular formula is C17H12N8OS. The Morgan fingerprint density at radius 1 is 1.22 bits per heavy atom. The smallest absolute Gasteiger partial charge is 0.270 e. The predicted octanol–water partition coefficient (Wildman–Crippen LogP) is 2.16. The van der Waals surface area contributed by atoms with Gasteiger partial charge in [-0.1, -0.05) is 30.3 Å². The van der Waals surface area contributed by atoms with Crippen LogP contribution in [0.5, 0.6) is 0 Å². The van der Waals surface area contributed by atoms with Crippen LogP contribution in [-0.4, -0.2) is 30.6 Å². The summed E-state index contributed by atoms with van der Waals surface area (Å²) < 4.78 is 0. The number of nitriles is 1. The van der Waals surface area contributed by atoms with Crippen molar-refractivity contribution < 1.29 is 0 Å². The number of tetrazole rings is 1. The van der Waals surface area contributed by atoms with Crippen LogP contribution < -0.4 is 10.9 Å². The molecule has 3 N–H and O–H groups in total. The molecule has 0 atom stereocenters. The van der Waals surface area contributed by atoms with Crippen molar-refractivity contribution in [2.24, 2.45) is 0 Å². The van der Waals surface area contributed by atoms with Crippen LogP contribution in [0.2, 0.25) is 0 Å². The maximum Gasteiger partial charge on any atom is 0.270 e. The van der Waals surface area contributed by atoms with Crippen LogP contribution in [0, 0.1) is 11.3 Å². The fourth-order valence-corrected chi connectivity index (χ4v) is 3.22. The largest absolute Gasteiger partial charge is 0.352 e. The number of aromatic nitrogens is 6. The highest BCUT2D eigenvalue weighted by Crippen LogP contribution is 2.25. The van der Waals surface area contributed by atoms with Gasteiger partial charge >= 0.3 is 0 Å². The average Bonchev–Trinajstić information content (AvgIpc) is 3.40. The van der Waals surface area contributed by atoms with Gasteiger partial charge in [0.25, 0.3) is 5.56 Å². The summed E-state index contributed by atoms with van der Waals surface area (Å²) in [5.41, 5.74) is 1.77. The summed E-state index contributed by atoms with van der Waals surface area (Å²) in [5.74, 6) is 0.902. The summed E-state index contributed by atoms with van der Waals surface area (Å²) >= 11 is 1.42. The SMILES string of the molecule is N#Cc1c(-c2cccs2)nc(NCc2ccc(-c3nnn[nH]3)cc2)[nH]c1=O. The summed E-state index contributed by atoms with van der Waals surface area (Å²) in [6, 6.07) is 13.2. The Labute approximate surface area is 156 Å². The topological polar surface area (TPSA) is 136 Å². The Hall–Kier alpha value is -3.84. The zero-order valence-corrected chi connectivity index (χ0v) is 14.6. The normalized spacial score (nSPS) is 10.5. The second-order valence-electron chi connectivity index (χ2n) is 5.53. The molecule has 10 heteroatoms. The van der Waals surface area contributed by atoms with Gasteiger partial charge < -0.3 is 5.32 Å². The minimum Gasteiger partial charge on any atom is -0.352 e. The summed E-state index contributed by atoms with van der Waals surface area (Å²) in [6.07, 6.45) is 0. The van der Waals surface area contributed by atoms with Crippen molar-refractivity contribution in [2.45, 2.75) is 6.54 Å². The molecule has 0 bridgehead atoms. The summed E-state index contributed by atoms with van der Waals surface area (Å²) in [6.45, 7) is 0.452. The molecule has 0 aliphatic heterocycles. The maximum atomic E-state index is 12.2. The lowest BCUT2D eigenvalue weighted by molar-refractivity contribution is 0.881. The van der Waals surface area contributed by atoms with Crippen LogP contribution in [-0.2, 0) is 6.54 Å². The Morgan fingerprint density at radius 3 is 2.74 bits per heavy atom. The van der Waals surface area contributed by atoms with E-state index in [0.717, 1.165) is 16.0 Å². The third kappa shape index (κ3) is 3.44. The van der Waals surface area contributed by atoms with Crippen LogP contribution >= 0.6 is 11.3 Å². The minimum atomic E-state index is -0.466. The molecule has 1 aromatic carbocycles. The summed E-state index contributed by atoms with van der Waals surface area (Å²) in [5, 5.41) is 27.9.